The van der Waals surface area contributed by atoms with Crippen LogP contribution in [0.2, 0.25) is 0 Å². The summed E-state index contributed by atoms with van der Waals surface area (Å²) in [6.45, 7) is 0.837. The Morgan fingerprint density at radius 2 is 2.26 bits per heavy atom. The molecule has 1 saturated heterocycles. The number of hydrogen-bond acceptors (Lipinski definition) is 5. The normalized spacial score (nSPS) is 39.9. The van der Waals surface area contributed by atoms with Gasteiger partial charge >= 0.3 is 0 Å². The molecule has 2 heterocycles. The minimum atomic E-state index is -1.08. The number of methoxy groups -OCH3 is 1. The topological polar surface area (TPSA) is 59.0 Å². The summed E-state index contributed by atoms with van der Waals surface area (Å²) in [6.07, 6.45) is 4.00. The number of nitrogens with zero attached hydrogens (tertiary/aromatic N) is 1. The van der Waals surface area contributed by atoms with Gasteiger partial charge in [-0.2, -0.15) is 0 Å². The van der Waals surface area contributed by atoms with E-state index in [1.54, 1.807) is 13.2 Å². The van der Waals surface area contributed by atoms with Crippen molar-refractivity contribution in [2.24, 2.45) is 0 Å². The quantitative estimate of drug-likeness (QED) is 0.832. The number of carbonyl (C=O) groups excluding carboxylic acids is 1. The summed E-state index contributed by atoms with van der Waals surface area (Å²) in [5.41, 5.74) is 0.385. The van der Waals surface area contributed by atoms with Crippen LogP contribution < -0.4 is 9.47 Å². The Morgan fingerprint density at radius 3 is 3.04 bits per heavy atom. The third-order valence-electron chi connectivity index (χ3n) is 6.34. The highest BCUT2D eigenvalue weighted by Gasteiger charge is 2.71. The van der Waals surface area contributed by atoms with Crippen molar-refractivity contribution in [3.05, 3.63) is 35.4 Å². The minimum Gasteiger partial charge on any atom is -0.493 e. The van der Waals surface area contributed by atoms with Crippen LogP contribution in [0.1, 0.15) is 17.5 Å². The highest BCUT2D eigenvalue weighted by atomic mass is 16.5. The summed E-state index contributed by atoms with van der Waals surface area (Å²) < 4.78 is 11.6. The maximum absolute atomic E-state index is 12.6. The van der Waals surface area contributed by atoms with E-state index in [1.165, 1.54) is 6.08 Å². The van der Waals surface area contributed by atoms with E-state index in [9.17, 15) is 9.90 Å². The molecule has 0 amide bonds. The molecular formula is C18H19NO4. The Labute approximate surface area is 134 Å². The second-order valence-corrected chi connectivity index (χ2v) is 7.11. The highest BCUT2D eigenvalue weighted by Crippen LogP contribution is 2.63. The van der Waals surface area contributed by atoms with Crippen molar-refractivity contribution in [2.45, 2.75) is 36.0 Å². The molecule has 2 bridgehead atoms. The maximum Gasteiger partial charge on any atom is 0.196 e. The first-order chi connectivity index (χ1) is 11.0. The Morgan fingerprint density at radius 1 is 1.43 bits per heavy atom. The molecule has 0 radical (unpaired) electrons. The van der Waals surface area contributed by atoms with Crippen LogP contribution >= 0.6 is 0 Å². The lowest BCUT2D eigenvalue weighted by molar-refractivity contribution is -0.151. The van der Waals surface area contributed by atoms with Gasteiger partial charge in [0, 0.05) is 11.6 Å². The van der Waals surface area contributed by atoms with Gasteiger partial charge in [0.2, 0.25) is 0 Å². The standard InChI is InChI=1S/C18H19NO4/c1-19-8-7-17-14-10-3-4-12(22-2)15(14)23-16(17)11(20)5-6-18(17,21)13(19)9-10/h3-6,13,16,21H,7-9H2,1-2H3/t13?,16-,17?,18?/m0/s1. The predicted molar refractivity (Wildman–Crippen MR) is 82.9 cm³/mol. The van der Waals surface area contributed by atoms with Crippen LogP contribution in [0.15, 0.2) is 24.3 Å². The van der Waals surface area contributed by atoms with Gasteiger partial charge in [-0.15, -0.1) is 0 Å². The molecule has 5 nitrogen and oxygen atoms in total. The molecule has 1 N–H and O–H groups in total. The van der Waals surface area contributed by atoms with E-state index in [4.69, 9.17) is 9.47 Å². The summed E-state index contributed by atoms with van der Waals surface area (Å²) in [5.74, 6) is 1.22. The molecule has 2 aliphatic carbocycles. The molecule has 1 spiro atoms. The number of piperidine rings is 1. The first-order valence-electron chi connectivity index (χ1n) is 8.05. The second kappa shape index (κ2) is 3.97. The van der Waals surface area contributed by atoms with Gasteiger partial charge in [-0.05, 0) is 50.2 Å². The first-order valence-corrected chi connectivity index (χ1v) is 8.05. The lowest BCUT2D eigenvalue weighted by Crippen LogP contribution is -2.74. The van der Waals surface area contributed by atoms with E-state index >= 15 is 0 Å². The van der Waals surface area contributed by atoms with E-state index in [-0.39, 0.29) is 11.8 Å². The van der Waals surface area contributed by atoms with Crippen molar-refractivity contribution < 1.29 is 19.4 Å². The summed E-state index contributed by atoms with van der Waals surface area (Å²) in [4.78, 5) is 14.8. The number of aliphatic hydroxyl groups is 1. The fourth-order valence-corrected chi connectivity index (χ4v) is 5.28. The van der Waals surface area contributed by atoms with E-state index in [1.807, 2.05) is 13.1 Å². The van der Waals surface area contributed by atoms with E-state index in [2.05, 4.69) is 11.0 Å². The number of ketones is 1. The molecule has 120 valence electrons. The van der Waals surface area contributed by atoms with E-state index in [0.717, 1.165) is 24.1 Å². The minimum absolute atomic E-state index is 0.0430. The van der Waals surface area contributed by atoms with Crippen molar-refractivity contribution >= 4 is 5.78 Å². The summed E-state index contributed by atoms with van der Waals surface area (Å²) in [7, 11) is 3.65. The Balaban J connectivity index is 1.89. The molecular weight excluding hydrogens is 294 g/mol. The number of benzene rings is 1. The molecule has 1 aromatic rings. The zero-order chi connectivity index (χ0) is 16.0. The summed E-state index contributed by atoms with van der Waals surface area (Å²) in [6, 6.07) is 3.92. The van der Waals surface area contributed by atoms with Crippen molar-refractivity contribution in [1.29, 1.82) is 0 Å². The molecule has 2 aliphatic heterocycles. The Bertz CT molecular complexity index is 773. The second-order valence-electron chi connectivity index (χ2n) is 7.11. The van der Waals surface area contributed by atoms with Crippen LogP contribution in [-0.4, -0.2) is 54.2 Å². The van der Waals surface area contributed by atoms with Gasteiger partial charge in [0.05, 0.1) is 12.5 Å². The van der Waals surface area contributed by atoms with E-state index < -0.39 is 17.1 Å². The van der Waals surface area contributed by atoms with Gasteiger partial charge in [-0.25, -0.2) is 0 Å². The molecule has 4 atom stereocenters. The largest absolute Gasteiger partial charge is 0.493 e. The number of hydrogen-bond donors (Lipinski definition) is 1. The van der Waals surface area contributed by atoms with Crippen LogP contribution in [0.3, 0.4) is 0 Å². The number of likely N-dealkylation sites (tertiary alicyclic amines) is 1. The molecule has 1 fully saturated rings. The number of ether oxygens (including phenoxy) is 2. The Hall–Kier alpha value is -1.85. The molecule has 0 saturated carbocycles. The van der Waals surface area contributed by atoms with Crippen LogP contribution in [0.25, 0.3) is 0 Å². The van der Waals surface area contributed by atoms with Crippen LogP contribution in [-0.2, 0) is 16.6 Å². The monoisotopic (exact) mass is 313 g/mol. The third-order valence-corrected chi connectivity index (χ3v) is 6.34. The number of likely N-dealkylation sites (N-methyl/N-ethyl adjacent to an activating group) is 1. The van der Waals surface area contributed by atoms with Gasteiger partial charge in [-0.3, -0.25) is 9.69 Å². The first kappa shape index (κ1) is 13.6. The molecule has 0 aromatic heterocycles. The van der Waals surface area contributed by atoms with Gasteiger partial charge < -0.3 is 14.6 Å². The van der Waals surface area contributed by atoms with Crippen LogP contribution in [0.5, 0.6) is 11.5 Å². The van der Waals surface area contributed by atoms with Crippen molar-refractivity contribution in [3.63, 3.8) is 0 Å². The average molecular weight is 313 g/mol. The fraction of sp³-hybridized carbons (Fsp3) is 0.500. The van der Waals surface area contributed by atoms with Gasteiger partial charge in [0.25, 0.3) is 0 Å². The maximum atomic E-state index is 12.6. The lowest BCUT2D eigenvalue weighted by atomic mass is 9.51. The molecule has 5 heteroatoms. The van der Waals surface area contributed by atoms with Crippen molar-refractivity contribution in [1.82, 2.24) is 4.90 Å². The lowest BCUT2D eigenvalue weighted by Gasteiger charge is -2.60. The van der Waals surface area contributed by atoms with Gasteiger partial charge in [0.1, 0.15) is 5.60 Å². The average Bonchev–Trinajstić information content (AvgIpc) is 2.90. The zero-order valence-corrected chi connectivity index (χ0v) is 13.2. The highest BCUT2D eigenvalue weighted by molar-refractivity contribution is 5.99. The fourth-order valence-electron chi connectivity index (χ4n) is 5.28. The van der Waals surface area contributed by atoms with Crippen LogP contribution in [0, 0.1) is 0 Å². The molecule has 3 unspecified atom stereocenters. The number of carbonyl (C=O) groups is 1. The Kier molecular flexibility index (Phi) is 2.34. The van der Waals surface area contributed by atoms with Gasteiger partial charge in [-0.1, -0.05) is 6.07 Å². The third kappa shape index (κ3) is 1.28. The molecule has 23 heavy (non-hydrogen) atoms. The van der Waals surface area contributed by atoms with Crippen LogP contribution in [0.4, 0.5) is 0 Å². The summed E-state index contributed by atoms with van der Waals surface area (Å²) >= 11 is 0. The molecule has 5 rings (SSSR count). The zero-order valence-electron chi connectivity index (χ0n) is 13.2. The molecule has 1 aromatic carbocycles. The SMILES string of the molecule is COc1ccc2c3c1O[C@H]1C(=O)C=CC4(O)C(C2)N(C)CCC314. The van der Waals surface area contributed by atoms with Crippen molar-refractivity contribution in [3.8, 4) is 11.5 Å². The predicted octanol–water partition coefficient (Wildman–Crippen LogP) is 0.824. The summed E-state index contributed by atoms with van der Waals surface area (Å²) in [5, 5.41) is 11.7. The van der Waals surface area contributed by atoms with E-state index in [0.29, 0.717) is 17.9 Å². The smallest absolute Gasteiger partial charge is 0.196 e. The van der Waals surface area contributed by atoms with Gasteiger partial charge in [0.15, 0.2) is 23.4 Å². The number of rotatable bonds is 1. The van der Waals surface area contributed by atoms with Crippen molar-refractivity contribution in [2.75, 3.05) is 20.7 Å². The molecule has 4 aliphatic rings.